The van der Waals surface area contributed by atoms with Crippen LogP contribution in [0.4, 0.5) is 10.5 Å². The Morgan fingerprint density at radius 1 is 1.16 bits per heavy atom. The number of hydrogen-bond acceptors (Lipinski definition) is 5. The Labute approximate surface area is 184 Å². The maximum atomic E-state index is 12.2. The van der Waals surface area contributed by atoms with Gasteiger partial charge in [0.25, 0.3) is 5.91 Å². The average Bonchev–Trinajstić information content (AvgIpc) is 2.70. The molecule has 172 valence electrons. The molecule has 9 nitrogen and oxygen atoms in total. The minimum absolute atomic E-state index is 0.0369. The molecule has 1 aromatic rings. The fourth-order valence-electron chi connectivity index (χ4n) is 2.96. The number of nitrogens with one attached hydrogen (secondary N) is 3. The summed E-state index contributed by atoms with van der Waals surface area (Å²) in [7, 11) is 0. The molecule has 0 bridgehead atoms. The zero-order chi connectivity index (χ0) is 22.7. The topological polar surface area (TPSA) is 104 Å². The summed E-state index contributed by atoms with van der Waals surface area (Å²) in [6.45, 7) is 10.7. The number of amides is 2. The van der Waals surface area contributed by atoms with Gasteiger partial charge in [0.1, 0.15) is 11.4 Å². The van der Waals surface area contributed by atoms with Crippen molar-refractivity contribution in [2.45, 2.75) is 46.1 Å². The number of fused-ring (bicyclic) bond motifs is 1. The molecule has 0 atom stereocenters. The SMILES string of the molecule is CCNC(=NCCCN1C(=O)COc2ccccc21)NCCCNC(=O)OC(C)(C)C. The molecule has 1 heterocycles. The molecule has 3 N–H and O–H groups in total. The first-order chi connectivity index (χ1) is 14.8. The van der Waals surface area contributed by atoms with Crippen molar-refractivity contribution in [2.24, 2.45) is 4.99 Å². The largest absolute Gasteiger partial charge is 0.482 e. The number of rotatable bonds is 9. The smallest absolute Gasteiger partial charge is 0.407 e. The van der Waals surface area contributed by atoms with Gasteiger partial charge in [0.15, 0.2) is 12.6 Å². The molecule has 0 aromatic heterocycles. The molecule has 0 aliphatic carbocycles. The highest BCUT2D eigenvalue weighted by Gasteiger charge is 2.24. The third-order valence-electron chi connectivity index (χ3n) is 4.28. The van der Waals surface area contributed by atoms with Crippen LogP contribution < -0.4 is 25.6 Å². The van der Waals surface area contributed by atoms with Crippen molar-refractivity contribution in [1.82, 2.24) is 16.0 Å². The van der Waals surface area contributed by atoms with Crippen molar-refractivity contribution >= 4 is 23.6 Å². The van der Waals surface area contributed by atoms with Crippen LogP contribution in [0.1, 0.15) is 40.5 Å². The van der Waals surface area contributed by atoms with Crippen LogP contribution in [0.15, 0.2) is 29.3 Å². The Balaban J connectivity index is 1.71. The number of aliphatic imine (C=N–C) groups is 1. The summed E-state index contributed by atoms with van der Waals surface area (Å²) in [5, 5.41) is 9.19. The van der Waals surface area contributed by atoms with E-state index in [1.807, 2.05) is 52.0 Å². The lowest BCUT2D eigenvalue weighted by Gasteiger charge is -2.29. The lowest BCUT2D eigenvalue weighted by molar-refractivity contribution is -0.121. The Morgan fingerprint density at radius 2 is 1.90 bits per heavy atom. The van der Waals surface area contributed by atoms with Gasteiger partial charge in [-0.2, -0.15) is 0 Å². The normalized spacial score (nSPS) is 13.9. The fourth-order valence-corrected chi connectivity index (χ4v) is 2.96. The van der Waals surface area contributed by atoms with Crippen LogP contribution in [0.5, 0.6) is 5.75 Å². The molecule has 1 aromatic carbocycles. The molecule has 1 aliphatic rings. The molecule has 2 amide bonds. The van der Waals surface area contributed by atoms with Gasteiger partial charge in [0, 0.05) is 32.7 Å². The highest BCUT2D eigenvalue weighted by Crippen LogP contribution is 2.31. The summed E-state index contributed by atoms with van der Waals surface area (Å²) in [4.78, 5) is 30.2. The average molecular weight is 434 g/mol. The summed E-state index contributed by atoms with van der Waals surface area (Å²) in [5.41, 5.74) is 0.312. The minimum atomic E-state index is -0.499. The standard InChI is InChI=1S/C22H35N5O4/c1-5-23-20(24-12-8-13-26-21(29)31-22(2,3)4)25-14-9-15-27-17-10-6-7-11-18(17)30-16-19(27)28/h6-7,10-11H,5,8-9,12-16H2,1-4H3,(H,26,29)(H2,23,24,25). The lowest BCUT2D eigenvalue weighted by Crippen LogP contribution is -2.40. The highest BCUT2D eigenvalue weighted by atomic mass is 16.6. The van der Waals surface area contributed by atoms with E-state index in [-0.39, 0.29) is 12.5 Å². The first-order valence-corrected chi connectivity index (χ1v) is 10.8. The molecular weight excluding hydrogens is 398 g/mol. The first-order valence-electron chi connectivity index (χ1n) is 10.8. The molecular formula is C22H35N5O4. The predicted molar refractivity (Wildman–Crippen MR) is 122 cm³/mol. The van der Waals surface area contributed by atoms with Gasteiger partial charge in [0.2, 0.25) is 0 Å². The molecule has 9 heteroatoms. The maximum absolute atomic E-state index is 12.2. The van der Waals surface area contributed by atoms with Crippen LogP contribution in [0.25, 0.3) is 0 Å². The Kier molecular flexibility index (Phi) is 9.42. The highest BCUT2D eigenvalue weighted by molar-refractivity contribution is 5.97. The van der Waals surface area contributed by atoms with Gasteiger partial charge < -0.3 is 30.3 Å². The molecule has 0 radical (unpaired) electrons. The number of alkyl carbamates (subject to hydrolysis) is 1. The molecule has 0 spiro atoms. The second-order valence-electron chi connectivity index (χ2n) is 8.12. The number of nitrogens with zero attached hydrogens (tertiary/aromatic N) is 2. The monoisotopic (exact) mass is 433 g/mol. The number of hydrogen-bond donors (Lipinski definition) is 3. The van der Waals surface area contributed by atoms with Crippen molar-refractivity contribution in [3.8, 4) is 5.75 Å². The van der Waals surface area contributed by atoms with Gasteiger partial charge in [-0.3, -0.25) is 9.79 Å². The number of benzene rings is 1. The van der Waals surface area contributed by atoms with E-state index in [1.54, 1.807) is 4.90 Å². The zero-order valence-corrected chi connectivity index (χ0v) is 19.0. The summed E-state index contributed by atoms with van der Waals surface area (Å²) < 4.78 is 10.7. The Hall–Kier alpha value is -2.97. The van der Waals surface area contributed by atoms with E-state index in [0.717, 1.165) is 30.8 Å². The van der Waals surface area contributed by atoms with Crippen molar-refractivity contribution in [3.05, 3.63) is 24.3 Å². The summed E-state index contributed by atoms with van der Waals surface area (Å²) in [6, 6.07) is 7.57. The molecule has 0 saturated heterocycles. The quantitative estimate of drug-likeness (QED) is 0.314. The fraction of sp³-hybridized carbons (Fsp3) is 0.591. The molecule has 2 rings (SSSR count). The van der Waals surface area contributed by atoms with Crippen LogP contribution in [0.2, 0.25) is 0 Å². The van der Waals surface area contributed by atoms with Gasteiger partial charge in [-0.1, -0.05) is 12.1 Å². The van der Waals surface area contributed by atoms with Gasteiger partial charge in [0.05, 0.1) is 5.69 Å². The number of anilines is 1. The number of carbonyl (C=O) groups excluding carboxylic acids is 2. The van der Waals surface area contributed by atoms with E-state index >= 15 is 0 Å². The van der Waals surface area contributed by atoms with Crippen LogP contribution in [-0.4, -0.2) is 62.9 Å². The predicted octanol–water partition coefficient (Wildman–Crippen LogP) is 2.27. The third-order valence-corrected chi connectivity index (χ3v) is 4.28. The van der Waals surface area contributed by atoms with Crippen LogP contribution in [0.3, 0.4) is 0 Å². The van der Waals surface area contributed by atoms with Crippen molar-refractivity contribution in [2.75, 3.05) is 44.2 Å². The van der Waals surface area contributed by atoms with Crippen molar-refractivity contribution in [3.63, 3.8) is 0 Å². The van der Waals surface area contributed by atoms with E-state index in [2.05, 4.69) is 20.9 Å². The minimum Gasteiger partial charge on any atom is -0.482 e. The number of guanidine groups is 1. The second kappa shape index (κ2) is 12.0. The van der Waals surface area contributed by atoms with Crippen LogP contribution in [-0.2, 0) is 9.53 Å². The van der Waals surface area contributed by atoms with Gasteiger partial charge >= 0.3 is 6.09 Å². The molecule has 0 fully saturated rings. The van der Waals surface area contributed by atoms with E-state index in [0.29, 0.717) is 32.1 Å². The van der Waals surface area contributed by atoms with E-state index < -0.39 is 11.7 Å². The molecule has 31 heavy (non-hydrogen) atoms. The number of ether oxygens (including phenoxy) is 2. The molecule has 1 aliphatic heterocycles. The first kappa shape index (κ1) is 24.3. The van der Waals surface area contributed by atoms with Crippen LogP contribution >= 0.6 is 0 Å². The second-order valence-corrected chi connectivity index (χ2v) is 8.12. The van der Waals surface area contributed by atoms with E-state index in [4.69, 9.17) is 9.47 Å². The van der Waals surface area contributed by atoms with E-state index in [1.165, 1.54) is 0 Å². The van der Waals surface area contributed by atoms with Crippen molar-refractivity contribution in [1.29, 1.82) is 0 Å². The number of carbonyl (C=O) groups is 2. The van der Waals surface area contributed by atoms with Crippen LogP contribution in [0, 0.1) is 0 Å². The van der Waals surface area contributed by atoms with Gasteiger partial charge in [-0.05, 0) is 52.7 Å². The van der Waals surface area contributed by atoms with Crippen molar-refractivity contribution < 1.29 is 19.1 Å². The third kappa shape index (κ3) is 8.74. The maximum Gasteiger partial charge on any atom is 0.407 e. The summed E-state index contributed by atoms with van der Waals surface area (Å²) in [6.07, 6.45) is 1.06. The van der Waals surface area contributed by atoms with Gasteiger partial charge in [-0.25, -0.2) is 4.79 Å². The zero-order valence-electron chi connectivity index (χ0n) is 19.0. The number of para-hydroxylation sites is 2. The summed E-state index contributed by atoms with van der Waals surface area (Å²) in [5.74, 6) is 1.42. The molecule has 0 unspecified atom stereocenters. The van der Waals surface area contributed by atoms with E-state index in [9.17, 15) is 9.59 Å². The van der Waals surface area contributed by atoms with Gasteiger partial charge in [-0.15, -0.1) is 0 Å². The Bertz CT molecular complexity index is 761. The Morgan fingerprint density at radius 3 is 2.65 bits per heavy atom. The molecule has 0 saturated carbocycles. The summed E-state index contributed by atoms with van der Waals surface area (Å²) >= 11 is 0. The lowest BCUT2D eigenvalue weighted by atomic mass is 10.2.